The van der Waals surface area contributed by atoms with Gasteiger partial charge >= 0.3 is 0 Å². The molecule has 8 nitrogen and oxygen atoms in total. The second kappa shape index (κ2) is 9.04. The highest BCUT2D eigenvalue weighted by Gasteiger charge is 2.24. The highest BCUT2D eigenvalue weighted by molar-refractivity contribution is 7.19. The molecule has 0 saturated carbocycles. The molecule has 0 saturated heterocycles. The summed E-state index contributed by atoms with van der Waals surface area (Å²) in [5.41, 5.74) is 1.60. The van der Waals surface area contributed by atoms with E-state index in [-0.39, 0.29) is 11.5 Å². The van der Waals surface area contributed by atoms with Crippen molar-refractivity contribution in [1.29, 1.82) is 0 Å². The first-order chi connectivity index (χ1) is 15.0. The second-order valence-corrected chi connectivity index (χ2v) is 9.15. The number of carbonyl (C=O) groups is 1. The zero-order valence-electron chi connectivity index (χ0n) is 17.3. The lowest BCUT2D eigenvalue weighted by Gasteiger charge is -2.16. The van der Waals surface area contributed by atoms with Crippen molar-refractivity contribution in [1.82, 2.24) is 19.7 Å². The van der Waals surface area contributed by atoms with Crippen molar-refractivity contribution in [3.05, 3.63) is 56.9 Å². The van der Waals surface area contributed by atoms with E-state index >= 15 is 0 Å². The molecule has 1 unspecified atom stereocenters. The maximum absolute atomic E-state index is 13.5. The average molecular weight is 456 g/mol. The summed E-state index contributed by atoms with van der Waals surface area (Å²) in [7, 11) is 1.57. The van der Waals surface area contributed by atoms with Crippen LogP contribution in [0.1, 0.15) is 29.3 Å². The normalized spacial score (nSPS) is 12.2. The summed E-state index contributed by atoms with van der Waals surface area (Å²) in [6.45, 7) is 4.16. The highest BCUT2D eigenvalue weighted by Crippen LogP contribution is 2.35. The lowest BCUT2D eigenvalue weighted by atomic mass is 10.0. The Labute approximate surface area is 186 Å². The van der Waals surface area contributed by atoms with Gasteiger partial charge in [0.05, 0.1) is 11.7 Å². The molecule has 0 aliphatic rings. The lowest BCUT2D eigenvalue weighted by Crippen LogP contribution is -2.33. The van der Waals surface area contributed by atoms with Gasteiger partial charge in [0.25, 0.3) is 5.56 Å². The average Bonchev–Trinajstić information content (AvgIpc) is 3.34. The van der Waals surface area contributed by atoms with Crippen LogP contribution in [-0.2, 0) is 16.1 Å². The Balaban J connectivity index is 1.72. The molecule has 3 heterocycles. The zero-order valence-corrected chi connectivity index (χ0v) is 18.9. The summed E-state index contributed by atoms with van der Waals surface area (Å²) in [6, 6.07) is 9.05. The number of nitrogens with zero attached hydrogens (tertiary/aromatic N) is 4. The fraction of sp³-hybridized carbons (Fsp3) is 0.286. The van der Waals surface area contributed by atoms with E-state index in [1.165, 1.54) is 33.6 Å². The third kappa shape index (κ3) is 4.14. The van der Waals surface area contributed by atoms with E-state index in [1.807, 2.05) is 44.2 Å². The SMILES string of the molecule is CCC(C(=O)Nc1nnc(COC)s1)n1cnc2sc(C)c(-c3ccccc3)c2c1=O. The van der Waals surface area contributed by atoms with E-state index in [4.69, 9.17) is 4.74 Å². The van der Waals surface area contributed by atoms with Crippen LogP contribution in [0.25, 0.3) is 21.3 Å². The van der Waals surface area contributed by atoms with Crippen molar-refractivity contribution in [2.45, 2.75) is 32.9 Å². The summed E-state index contributed by atoms with van der Waals surface area (Å²) < 4.78 is 6.44. The molecule has 1 amide bonds. The number of amides is 1. The molecule has 0 bridgehead atoms. The first-order valence-electron chi connectivity index (χ1n) is 9.71. The number of carbonyl (C=O) groups excluding carboxylic acids is 1. The smallest absolute Gasteiger partial charge is 0.263 e. The summed E-state index contributed by atoms with van der Waals surface area (Å²) in [5.74, 6) is -0.334. The van der Waals surface area contributed by atoms with Crippen molar-refractivity contribution in [3.63, 3.8) is 0 Å². The van der Waals surface area contributed by atoms with Crippen LogP contribution < -0.4 is 10.9 Å². The minimum atomic E-state index is -0.719. The third-order valence-electron chi connectivity index (χ3n) is 4.87. The van der Waals surface area contributed by atoms with Gasteiger partial charge in [-0.3, -0.25) is 19.5 Å². The number of anilines is 1. The summed E-state index contributed by atoms with van der Waals surface area (Å²) >= 11 is 2.72. The van der Waals surface area contributed by atoms with Crippen molar-refractivity contribution in [2.24, 2.45) is 0 Å². The largest absolute Gasteiger partial charge is 0.377 e. The van der Waals surface area contributed by atoms with Crippen molar-refractivity contribution in [2.75, 3.05) is 12.4 Å². The molecule has 4 aromatic rings. The fourth-order valence-corrected chi connectivity index (χ4v) is 5.19. The first-order valence-corrected chi connectivity index (χ1v) is 11.3. The zero-order chi connectivity index (χ0) is 22.0. The Morgan fingerprint density at radius 3 is 2.71 bits per heavy atom. The molecule has 0 aliphatic carbocycles. The Morgan fingerprint density at radius 1 is 1.23 bits per heavy atom. The molecule has 10 heteroatoms. The molecule has 0 spiro atoms. The Bertz CT molecular complexity index is 1280. The van der Waals surface area contributed by atoms with Crippen molar-refractivity contribution >= 4 is 43.9 Å². The van der Waals surface area contributed by atoms with E-state index in [1.54, 1.807) is 7.11 Å². The third-order valence-corrected chi connectivity index (χ3v) is 6.69. The molecule has 1 N–H and O–H groups in total. The predicted octanol–water partition coefficient (Wildman–Crippen LogP) is 4.02. The monoisotopic (exact) mass is 455 g/mol. The fourth-order valence-electron chi connectivity index (χ4n) is 3.47. The van der Waals surface area contributed by atoms with Gasteiger partial charge in [-0.25, -0.2) is 4.98 Å². The summed E-state index contributed by atoms with van der Waals surface area (Å²) in [4.78, 5) is 32.6. The molecule has 4 rings (SSSR count). The number of methoxy groups -OCH3 is 1. The van der Waals surface area contributed by atoms with Gasteiger partial charge in [0.2, 0.25) is 11.0 Å². The molecule has 31 heavy (non-hydrogen) atoms. The number of thiophene rings is 1. The van der Waals surface area contributed by atoms with Crippen LogP contribution in [0.4, 0.5) is 5.13 Å². The molecule has 1 atom stereocenters. The molecular formula is C21H21N5O3S2. The number of aromatic nitrogens is 4. The van der Waals surface area contributed by atoms with Gasteiger partial charge in [0, 0.05) is 17.6 Å². The van der Waals surface area contributed by atoms with Crippen LogP contribution in [0.5, 0.6) is 0 Å². The number of aryl methyl sites for hydroxylation is 1. The number of fused-ring (bicyclic) bond motifs is 1. The maximum atomic E-state index is 13.5. The Morgan fingerprint density at radius 2 is 2.00 bits per heavy atom. The number of rotatable bonds is 7. The van der Waals surface area contributed by atoms with Gasteiger partial charge in [0.1, 0.15) is 22.5 Å². The maximum Gasteiger partial charge on any atom is 0.263 e. The van der Waals surface area contributed by atoms with E-state index in [2.05, 4.69) is 20.5 Å². The Kier molecular flexibility index (Phi) is 6.21. The van der Waals surface area contributed by atoms with Crippen LogP contribution in [0.3, 0.4) is 0 Å². The van der Waals surface area contributed by atoms with Crippen LogP contribution in [0.15, 0.2) is 41.5 Å². The molecule has 160 valence electrons. The van der Waals surface area contributed by atoms with Gasteiger partial charge in [-0.05, 0) is 18.9 Å². The first kappa shape index (κ1) is 21.3. The number of hydrogen-bond donors (Lipinski definition) is 1. The van der Waals surface area contributed by atoms with Gasteiger partial charge in [-0.2, -0.15) is 0 Å². The predicted molar refractivity (Wildman–Crippen MR) is 123 cm³/mol. The molecule has 1 aromatic carbocycles. The van der Waals surface area contributed by atoms with Gasteiger partial charge in [-0.15, -0.1) is 21.5 Å². The molecule has 0 aliphatic heterocycles. The lowest BCUT2D eigenvalue weighted by molar-refractivity contribution is -0.119. The van der Waals surface area contributed by atoms with E-state index in [0.717, 1.165) is 16.0 Å². The molecule has 0 radical (unpaired) electrons. The van der Waals surface area contributed by atoms with Gasteiger partial charge < -0.3 is 4.74 Å². The molecular weight excluding hydrogens is 434 g/mol. The topological polar surface area (TPSA) is 99.0 Å². The summed E-state index contributed by atoms with van der Waals surface area (Å²) in [6.07, 6.45) is 1.88. The number of hydrogen-bond acceptors (Lipinski definition) is 8. The van der Waals surface area contributed by atoms with Crippen LogP contribution in [0.2, 0.25) is 0 Å². The second-order valence-electron chi connectivity index (χ2n) is 6.88. The molecule has 3 aromatic heterocycles. The number of benzene rings is 1. The van der Waals surface area contributed by atoms with Crippen LogP contribution in [-0.4, -0.2) is 32.8 Å². The Hall–Kier alpha value is -2.95. The van der Waals surface area contributed by atoms with Crippen LogP contribution >= 0.6 is 22.7 Å². The highest BCUT2D eigenvalue weighted by atomic mass is 32.1. The molecule has 0 fully saturated rings. The van der Waals surface area contributed by atoms with Crippen LogP contribution in [0, 0.1) is 6.92 Å². The van der Waals surface area contributed by atoms with E-state index < -0.39 is 6.04 Å². The quantitative estimate of drug-likeness (QED) is 0.452. The van der Waals surface area contributed by atoms with E-state index in [0.29, 0.717) is 33.4 Å². The van der Waals surface area contributed by atoms with Crippen molar-refractivity contribution < 1.29 is 9.53 Å². The minimum Gasteiger partial charge on any atom is -0.377 e. The van der Waals surface area contributed by atoms with E-state index in [9.17, 15) is 9.59 Å². The standard InChI is InChI=1S/C21H21N5O3S2/c1-4-14(18(27)23-21-25-24-15(31-21)10-29-3)26-11-22-19-17(20(26)28)16(12(2)30-19)13-8-6-5-7-9-13/h5-9,11,14H,4,10H2,1-3H3,(H,23,25,27). The van der Waals surface area contributed by atoms with Gasteiger partial charge in [-0.1, -0.05) is 48.6 Å². The minimum absolute atomic E-state index is 0.229. The number of nitrogens with one attached hydrogen (secondary N) is 1. The number of ether oxygens (including phenoxy) is 1. The summed E-state index contributed by atoms with van der Waals surface area (Å²) in [5, 5.41) is 12.3. The van der Waals surface area contributed by atoms with Gasteiger partial charge in [0.15, 0.2) is 0 Å². The van der Waals surface area contributed by atoms with Crippen molar-refractivity contribution in [3.8, 4) is 11.1 Å².